The molecule has 0 bridgehead atoms. The van der Waals surface area contributed by atoms with Gasteiger partial charge in [0.15, 0.2) is 0 Å². The molecule has 1 aromatic carbocycles. The van der Waals surface area contributed by atoms with Gasteiger partial charge in [-0.3, -0.25) is 4.79 Å². The van der Waals surface area contributed by atoms with E-state index in [0.717, 1.165) is 57.4 Å². The van der Waals surface area contributed by atoms with Crippen molar-refractivity contribution in [2.45, 2.75) is 58.0 Å². The summed E-state index contributed by atoms with van der Waals surface area (Å²) in [6.07, 6.45) is 4.87. The summed E-state index contributed by atoms with van der Waals surface area (Å²) < 4.78 is 38.9. The molecule has 0 aromatic heterocycles. The summed E-state index contributed by atoms with van der Waals surface area (Å²) in [5.41, 5.74) is 3.41. The maximum atomic E-state index is 13.1. The minimum Gasteiger partial charge on any atom is -0.370 e. The number of likely N-dealkylation sites (tertiary alicyclic amines) is 2. The average molecular weight is 571 g/mol. The zero-order chi connectivity index (χ0) is 27.3. The van der Waals surface area contributed by atoms with Gasteiger partial charge in [-0.25, -0.2) is 0 Å². The Labute approximate surface area is 233 Å². The van der Waals surface area contributed by atoms with Gasteiger partial charge >= 0.3 is 6.18 Å². The molecule has 4 nitrogen and oxygen atoms in total. The molecule has 2 saturated heterocycles. The van der Waals surface area contributed by atoms with Gasteiger partial charge in [0.1, 0.15) is 0 Å². The Kier molecular flexibility index (Phi) is 9.88. The first-order valence-electron chi connectivity index (χ1n) is 13.5. The van der Waals surface area contributed by atoms with Gasteiger partial charge in [0, 0.05) is 28.7 Å². The van der Waals surface area contributed by atoms with E-state index < -0.39 is 12.1 Å². The number of allylic oxidation sites excluding steroid dienone is 4. The van der Waals surface area contributed by atoms with Crippen molar-refractivity contribution in [3.05, 3.63) is 69.0 Å². The van der Waals surface area contributed by atoms with Crippen molar-refractivity contribution in [2.75, 3.05) is 32.7 Å². The molecule has 2 fully saturated rings. The molecule has 1 N–H and O–H groups in total. The van der Waals surface area contributed by atoms with Crippen LogP contribution in [0.4, 0.5) is 13.2 Å². The van der Waals surface area contributed by atoms with E-state index in [-0.39, 0.29) is 18.7 Å². The van der Waals surface area contributed by atoms with E-state index in [1.165, 1.54) is 5.57 Å². The fraction of sp³-hybridized carbons (Fsp3) is 0.552. The van der Waals surface area contributed by atoms with Crippen molar-refractivity contribution in [1.82, 2.24) is 15.1 Å². The molecule has 38 heavy (non-hydrogen) atoms. The van der Waals surface area contributed by atoms with Crippen molar-refractivity contribution in [3.8, 4) is 0 Å². The van der Waals surface area contributed by atoms with Crippen molar-refractivity contribution in [1.29, 1.82) is 0 Å². The third kappa shape index (κ3) is 7.80. The first-order chi connectivity index (χ1) is 18.1. The first-order valence-corrected chi connectivity index (χ1v) is 14.2. The van der Waals surface area contributed by atoms with E-state index in [9.17, 15) is 18.0 Å². The highest BCUT2D eigenvalue weighted by atomic mass is 35.5. The number of nitrogens with zero attached hydrogens (tertiary/aromatic N) is 2. The predicted octanol–water partition coefficient (Wildman–Crippen LogP) is 7.52. The fourth-order valence-corrected chi connectivity index (χ4v) is 6.10. The van der Waals surface area contributed by atoms with E-state index in [4.69, 9.17) is 23.2 Å². The quantitative estimate of drug-likeness (QED) is 0.384. The van der Waals surface area contributed by atoms with Crippen LogP contribution < -0.4 is 5.32 Å². The number of benzene rings is 1. The van der Waals surface area contributed by atoms with Gasteiger partial charge in [0.25, 0.3) is 5.91 Å². The Morgan fingerprint density at radius 3 is 2.45 bits per heavy atom. The number of halogens is 5. The Morgan fingerprint density at radius 1 is 1.08 bits per heavy atom. The van der Waals surface area contributed by atoms with Gasteiger partial charge in [0.2, 0.25) is 0 Å². The highest BCUT2D eigenvalue weighted by Crippen LogP contribution is 2.35. The van der Waals surface area contributed by atoms with Crippen LogP contribution in [0.15, 0.2) is 58.4 Å². The molecule has 0 radical (unpaired) electrons. The topological polar surface area (TPSA) is 35.6 Å². The third-order valence-electron chi connectivity index (χ3n) is 7.97. The minimum atomic E-state index is -4.07. The second kappa shape index (κ2) is 12.9. The Morgan fingerprint density at radius 2 is 1.79 bits per heavy atom. The van der Waals surface area contributed by atoms with Crippen LogP contribution in [-0.4, -0.2) is 54.6 Å². The number of hydrogen-bond donors (Lipinski definition) is 1. The van der Waals surface area contributed by atoms with Gasteiger partial charge in [-0.15, -0.1) is 0 Å². The maximum Gasteiger partial charge on any atom is 0.391 e. The summed E-state index contributed by atoms with van der Waals surface area (Å²) in [7, 11) is 0. The normalized spacial score (nSPS) is 21.1. The van der Waals surface area contributed by atoms with E-state index in [1.54, 1.807) is 24.3 Å². The summed E-state index contributed by atoms with van der Waals surface area (Å²) in [4.78, 5) is 17.6. The Balaban J connectivity index is 1.37. The van der Waals surface area contributed by atoms with Crippen LogP contribution in [-0.2, 0) is 0 Å². The van der Waals surface area contributed by atoms with E-state index >= 15 is 0 Å². The summed E-state index contributed by atoms with van der Waals surface area (Å²) in [5.74, 6) is -0.844. The number of alkyl halides is 3. The lowest BCUT2D eigenvalue weighted by molar-refractivity contribution is -0.185. The second-order valence-electron chi connectivity index (χ2n) is 10.7. The van der Waals surface area contributed by atoms with Crippen LogP contribution in [0.3, 0.4) is 0 Å². The summed E-state index contributed by atoms with van der Waals surface area (Å²) in [6.45, 7) is 5.75. The van der Waals surface area contributed by atoms with Crippen LogP contribution in [0, 0.1) is 11.8 Å². The number of hydrogen-bond acceptors (Lipinski definition) is 3. The van der Waals surface area contributed by atoms with Crippen LogP contribution in [0.1, 0.15) is 62.2 Å². The molecule has 1 aromatic rings. The SMILES string of the molecule is CC1=C(N2CCC(CCN3CCC(C(F)(F)F)CC3)CC2)C(NC(=O)c2cccc(Cl)c2)=CC(Cl)=CCC1. The van der Waals surface area contributed by atoms with Gasteiger partial charge in [0.05, 0.1) is 17.3 Å². The van der Waals surface area contributed by atoms with E-state index in [1.807, 2.05) is 12.2 Å². The van der Waals surface area contributed by atoms with Crippen molar-refractivity contribution in [3.63, 3.8) is 0 Å². The fourth-order valence-electron chi connectivity index (χ4n) is 5.69. The third-order valence-corrected chi connectivity index (χ3v) is 8.47. The standard InChI is InChI=1S/C29H36Cl2F3N3O/c1-20-4-2-6-25(31)19-26(35-28(38)22-5-3-7-24(30)18-22)27(20)37-16-9-21(10-17-37)8-13-36-14-11-23(12-15-36)29(32,33)34/h3,5-7,18-19,21,23H,2,4,8-17H2,1H3,(H,35,38). The molecule has 0 unspecified atom stereocenters. The molecule has 2 aliphatic heterocycles. The number of nitrogens with one attached hydrogen (secondary N) is 1. The molecule has 0 saturated carbocycles. The monoisotopic (exact) mass is 569 g/mol. The van der Waals surface area contributed by atoms with Crippen LogP contribution in [0.25, 0.3) is 0 Å². The van der Waals surface area contributed by atoms with Crippen molar-refractivity contribution < 1.29 is 18.0 Å². The number of rotatable bonds is 6. The highest BCUT2D eigenvalue weighted by Gasteiger charge is 2.41. The lowest BCUT2D eigenvalue weighted by atomic mass is 9.91. The molecule has 0 atom stereocenters. The lowest BCUT2D eigenvalue weighted by Gasteiger charge is -2.38. The molecule has 1 amide bonds. The van der Waals surface area contributed by atoms with Crippen molar-refractivity contribution in [2.24, 2.45) is 11.8 Å². The van der Waals surface area contributed by atoms with Crippen molar-refractivity contribution >= 4 is 29.1 Å². The summed E-state index contributed by atoms with van der Waals surface area (Å²) >= 11 is 12.6. The molecule has 1 aliphatic carbocycles. The first kappa shape index (κ1) is 29.0. The van der Waals surface area contributed by atoms with Gasteiger partial charge < -0.3 is 15.1 Å². The number of carbonyl (C=O) groups is 1. The van der Waals surface area contributed by atoms with Gasteiger partial charge in [-0.1, -0.05) is 35.3 Å². The molecular weight excluding hydrogens is 534 g/mol. The van der Waals surface area contributed by atoms with E-state index in [2.05, 4.69) is 22.0 Å². The molecule has 9 heteroatoms. The molecule has 0 spiro atoms. The zero-order valence-corrected chi connectivity index (χ0v) is 23.3. The molecule has 208 valence electrons. The summed E-state index contributed by atoms with van der Waals surface area (Å²) in [6, 6.07) is 6.86. The number of amides is 1. The summed E-state index contributed by atoms with van der Waals surface area (Å²) in [5, 5.41) is 4.18. The predicted molar refractivity (Wildman–Crippen MR) is 147 cm³/mol. The zero-order valence-electron chi connectivity index (χ0n) is 21.8. The Bertz CT molecular complexity index is 1080. The van der Waals surface area contributed by atoms with Crippen LogP contribution in [0.2, 0.25) is 5.02 Å². The number of piperidine rings is 2. The number of carbonyl (C=O) groups excluding carboxylic acids is 1. The minimum absolute atomic E-state index is 0.211. The molecule has 3 aliphatic rings. The smallest absolute Gasteiger partial charge is 0.370 e. The van der Waals surface area contributed by atoms with Crippen LogP contribution in [0.5, 0.6) is 0 Å². The van der Waals surface area contributed by atoms with Crippen LogP contribution >= 0.6 is 23.2 Å². The average Bonchev–Trinajstić information content (AvgIpc) is 2.87. The van der Waals surface area contributed by atoms with E-state index in [0.29, 0.717) is 40.3 Å². The second-order valence-corrected chi connectivity index (χ2v) is 11.5. The molecular formula is C29H36Cl2F3N3O. The largest absolute Gasteiger partial charge is 0.391 e. The highest BCUT2D eigenvalue weighted by molar-refractivity contribution is 6.31. The van der Waals surface area contributed by atoms with Gasteiger partial charge in [-0.2, -0.15) is 13.2 Å². The van der Waals surface area contributed by atoms with Gasteiger partial charge in [-0.05, 0) is 107 Å². The molecule has 4 rings (SSSR count). The maximum absolute atomic E-state index is 13.1. The molecule has 2 heterocycles. The Hall–Kier alpha value is -1.96. The lowest BCUT2D eigenvalue weighted by Crippen LogP contribution is -2.41.